The Kier molecular flexibility index (Phi) is 2.21. The van der Waals surface area contributed by atoms with Gasteiger partial charge in [0.05, 0.1) is 6.33 Å². The minimum absolute atomic E-state index is 0.620. The number of allylic oxidation sites excluding steroid dienone is 1. The van der Waals surface area contributed by atoms with Crippen LogP contribution in [0.3, 0.4) is 0 Å². The molecule has 0 unspecified atom stereocenters. The van der Waals surface area contributed by atoms with Gasteiger partial charge >= 0.3 is 0 Å². The lowest BCUT2D eigenvalue weighted by molar-refractivity contribution is 0.723. The van der Waals surface area contributed by atoms with Crippen LogP contribution in [0.2, 0.25) is 0 Å². The molecule has 0 bridgehead atoms. The van der Waals surface area contributed by atoms with Gasteiger partial charge in [0.15, 0.2) is 0 Å². The van der Waals surface area contributed by atoms with E-state index in [9.17, 15) is 4.39 Å². The molecule has 0 aliphatic carbocycles. The van der Waals surface area contributed by atoms with Gasteiger partial charge in [0.25, 0.3) is 0 Å². The first-order valence-electron chi connectivity index (χ1n) is 3.17. The maximum Gasteiger partial charge on any atom is 0.0902 e. The van der Waals surface area contributed by atoms with Gasteiger partial charge in [-0.2, -0.15) is 0 Å². The minimum atomic E-state index is 0.620. The fourth-order valence-corrected chi connectivity index (χ4v) is 0.764. The molecule has 0 spiro atoms. The summed E-state index contributed by atoms with van der Waals surface area (Å²) in [7, 11) is 0. The molecule has 1 aromatic carbocycles. The van der Waals surface area contributed by atoms with Crippen LogP contribution in [0.4, 0.5) is 4.39 Å². The van der Waals surface area contributed by atoms with Crippen LogP contribution < -0.4 is 0 Å². The Morgan fingerprint density at radius 3 is 2.40 bits per heavy atom. The number of benzene rings is 1. The molecule has 0 aromatic heterocycles. The second kappa shape index (κ2) is 3.16. The molecule has 0 N–H and O–H groups in total. The summed E-state index contributed by atoms with van der Waals surface area (Å²) in [5.41, 5.74) is 1.60. The quantitative estimate of drug-likeness (QED) is 0.556. The van der Waals surface area contributed by atoms with Gasteiger partial charge in [-0.1, -0.05) is 30.3 Å². The van der Waals surface area contributed by atoms with E-state index in [4.69, 9.17) is 0 Å². The molecule has 0 atom stereocenters. The van der Waals surface area contributed by atoms with Crippen LogP contribution in [0.15, 0.2) is 36.7 Å². The first-order chi connectivity index (χ1) is 4.84. The highest BCUT2D eigenvalue weighted by Gasteiger charge is 1.90. The highest BCUT2D eigenvalue weighted by molar-refractivity contribution is 5.62. The molecule has 0 heterocycles. The maximum atomic E-state index is 11.9. The first kappa shape index (κ1) is 7.00. The number of hydrogen-bond donors (Lipinski definition) is 0. The van der Waals surface area contributed by atoms with Crippen molar-refractivity contribution in [2.24, 2.45) is 0 Å². The summed E-state index contributed by atoms with van der Waals surface area (Å²) in [6.45, 7) is 1.75. The van der Waals surface area contributed by atoms with Crippen molar-refractivity contribution in [1.82, 2.24) is 0 Å². The van der Waals surface area contributed by atoms with Crippen molar-refractivity contribution in [1.29, 1.82) is 0 Å². The normalized spacial score (nSPS) is 11.6. The second-order valence-electron chi connectivity index (χ2n) is 2.16. The van der Waals surface area contributed by atoms with Crippen molar-refractivity contribution in [3.63, 3.8) is 0 Å². The van der Waals surface area contributed by atoms with Gasteiger partial charge in [-0.05, 0) is 18.1 Å². The summed E-state index contributed by atoms with van der Waals surface area (Å²) in [5, 5.41) is 0. The van der Waals surface area contributed by atoms with Gasteiger partial charge in [-0.15, -0.1) is 0 Å². The van der Waals surface area contributed by atoms with Crippen LogP contribution >= 0.6 is 0 Å². The van der Waals surface area contributed by atoms with E-state index in [0.29, 0.717) is 11.9 Å². The molecule has 0 nitrogen and oxygen atoms in total. The molecule has 0 radical (unpaired) electrons. The molecule has 52 valence electrons. The summed E-state index contributed by atoms with van der Waals surface area (Å²) in [4.78, 5) is 0. The Morgan fingerprint density at radius 1 is 1.30 bits per heavy atom. The molecule has 0 amide bonds. The lowest BCUT2D eigenvalue weighted by Gasteiger charge is -1.95. The maximum absolute atomic E-state index is 11.9. The largest absolute Gasteiger partial charge is 0.215 e. The third-order valence-corrected chi connectivity index (χ3v) is 1.39. The highest BCUT2D eigenvalue weighted by Crippen LogP contribution is 2.11. The Morgan fingerprint density at radius 2 is 1.90 bits per heavy atom. The zero-order chi connectivity index (χ0) is 7.40. The number of rotatable bonds is 1. The smallest absolute Gasteiger partial charge is 0.0902 e. The molecular formula is C9H9F. The van der Waals surface area contributed by atoms with Crippen LogP contribution in [-0.2, 0) is 0 Å². The lowest BCUT2D eigenvalue weighted by Crippen LogP contribution is -1.74. The Hall–Kier alpha value is -1.11. The van der Waals surface area contributed by atoms with Crippen molar-refractivity contribution in [3.8, 4) is 0 Å². The Labute approximate surface area is 60.0 Å². The highest BCUT2D eigenvalue weighted by atomic mass is 19.1. The Bertz CT molecular complexity index is 224. The van der Waals surface area contributed by atoms with Crippen molar-refractivity contribution in [2.45, 2.75) is 6.92 Å². The summed E-state index contributed by atoms with van der Waals surface area (Å²) in [6.07, 6.45) is 0.620. The van der Waals surface area contributed by atoms with Gasteiger partial charge in [-0.3, -0.25) is 0 Å². The summed E-state index contributed by atoms with van der Waals surface area (Å²) in [5.74, 6) is 0. The van der Waals surface area contributed by atoms with Crippen molar-refractivity contribution >= 4 is 5.57 Å². The SMILES string of the molecule is C/C(=C\F)c1ccccc1. The van der Waals surface area contributed by atoms with E-state index in [1.165, 1.54) is 0 Å². The van der Waals surface area contributed by atoms with Crippen LogP contribution in [-0.4, -0.2) is 0 Å². The van der Waals surface area contributed by atoms with Crippen molar-refractivity contribution < 1.29 is 4.39 Å². The predicted octanol–water partition coefficient (Wildman–Crippen LogP) is 3.02. The zero-order valence-electron chi connectivity index (χ0n) is 5.84. The van der Waals surface area contributed by atoms with E-state index in [1.807, 2.05) is 30.3 Å². The second-order valence-corrected chi connectivity index (χ2v) is 2.16. The third-order valence-electron chi connectivity index (χ3n) is 1.39. The average Bonchev–Trinajstić information content (AvgIpc) is 2.05. The summed E-state index contributed by atoms with van der Waals surface area (Å²) in [6, 6.07) is 9.45. The van der Waals surface area contributed by atoms with E-state index in [0.717, 1.165) is 5.56 Å². The lowest BCUT2D eigenvalue weighted by atomic mass is 10.1. The van der Waals surface area contributed by atoms with Crippen LogP contribution in [0, 0.1) is 0 Å². The predicted molar refractivity (Wildman–Crippen MR) is 41.2 cm³/mol. The monoisotopic (exact) mass is 136 g/mol. The first-order valence-corrected chi connectivity index (χ1v) is 3.17. The van der Waals surface area contributed by atoms with Crippen LogP contribution in [0.25, 0.3) is 5.57 Å². The molecule has 0 fully saturated rings. The van der Waals surface area contributed by atoms with Gasteiger partial charge in [0.1, 0.15) is 0 Å². The van der Waals surface area contributed by atoms with E-state index < -0.39 is 0 Å². The molecule has 10 heavy (non-hydrogen) atoms. The fourth-order valence-electron chi connectivity index (χ4n) is 0.764. The Balaban J connectivity index is 2.96. The van der Waals surface area contributed by atoms with Crippen molar-refractivity contribution in [3.05, 3.63) is 42.2 Å². The molecule has 1 rings (SSSR count). The van der Waals surface area contributed by atoms with E-state index in [-0.39, 0.29) is 0 Å². The topological polar surface area (TPSA) is 0 Å². The molecule has 1 heteroatoms. The third kappa shape index (κ3) is 1.44. The van der Waals surface area contributed by atoms with Crippen molar-refractivity contribution in [2.75, 3.05) is 0 Å². The molecule has 0 saturated carbocycles. The molecular weight excluding hydrogens is 127 g/mol. The van der Waals surface area contributed by atoms with Gasteiger partial charge in [-0.25, -0.2) is 4.39 Å². The summed E-state index contributed by atoms with van der Waals surface area (Å²) < 4.78 is 11.9. The molecule has 0 aliphatic heterocycles. The van der Waals surface area contributed by atoms with Crippen LogP contribution in [0.5, 0.6) is 0 Å². The standard InChI is InChI=1S/C9H9F/c1-8(7-10)9-5-3-2-4-6-9/h2-7H,1H3/b8-7+. The number of hydrogen-bond acceptors (Lipinski definition) is 0. The van der Waals surface area contributed by atoms with Gasteiger partial charge in [0, 0.05) is 0 Å². The summed E-state index contributed by atoms with van der Waals surface area (Å²) >= 11 is 0. The van der Waals surface area contributed by atoms with Gasteiger partial charge < -0.3 is 0 Å². The van der Waals surface area contributed by atoms with E-state index in [2.05, 4.69) is 0 Å². The molecule has 0 aliphatic rings. The average molecular weight is 136 g/mol. The molecule has 1 aromatic rings. The number of halogens is 1. The van der Waals surface area contributed by atoms with E-state index in [1.54, 1.807) is 6.92 Å². The van der Waals surface area contributed by atoms with E-state index >= 15 is 0 Å². The fraction of sp³-hybridized carbons (Fsp3) is 0.111. The molecule has 0 saturated heterocycles. The van der Waals surface area contributed by atoms with Gasteiger partial charge in [0.2, 0.25) is 0 Å². The zero-order valence-corrected chi connectivity index (χ0v) is 5.84. The minimum Gasteiger partial charge on any atom is -0.215 e. The van der Waals surface area contributed by atoms with Crippen LogP contribution in [0.1, 0.15) is 12.5 Å².